The summed E-state index contributed by atoms with van der Waals surface area (Å²) in [6.07, 6.45) is 4.66. The number of hydrogen-bond donors (Lipinski definition) is 0. The molecule has 1 aliphatic rings. The van der Waals surface area contributed by atoms with Gasteiger partial charge in [0.2, 0.25) is 0 Å². The second-order valence-corrected chi connectivity index (χ2v) is 4.17. The summed E-state index contributed by atoms with van der Waals surface area (Å²) < 4.78 is 17.8. The first-order valence-electron chi connectivity index (χ1n) is 3.66. The summed E-state index contributed by atoms with van der Waals surface area (Å²) in [7, 11) is -1.58. The molecule has 0 radical (unpaired) electrons. The SMILES string of the molecule is C=CC1([SiH2]F)CCCCO1. The molecule has 0 aromatic heterocycles. The minimum absolute atomic E-state index is 0.502. The molecule has 58 valence electrons. The highest BCUT2D eigenvalue weighted by Crippen LogP contribution is 2.24. The Kier molecular flexibility index (Phi) is 2.62. The molecule has 1 rings (SSSR count). The van der Waals surface area contributed by atoms with Gasteiger partial charge in [-0.15, -0.1) is 6.58 Å². The Bertz CT molecular complexity index is 121. The summed E-state index contributed by atoms with van der Waals surface area (Å²) in [5.41, 5.74) is 0. The lowest BCUT2D eigenvalue weighted by atomic mass is 10.1. The van der Waals surface area contributed by atoms with Gasteiger partial charge in [-0.1, -0.05) is 6.08 Å². The second-order valence-electron chi connectivity index (χ2n) is 2.71. The van der Waals surface area contributed by atoms with Crippen molar-refractivity contribution in [3.05, 3.63) is 12.7 Å². The van der Waals surface area contributed by atoms with E-state index in [2.05, 4.69) is 6.58 Å². The van der Waals surface area contributed by atoms with E-state index in [-0.39, 0.29) is 0 Å². The normalized spacial score (nSPS) is 34.9. The number of halogens is 1. The molecule has 0 aliphatic carbocycles. The van der Waals surface area contributed by atoms with Crippen LogP contribution < -0.4 is 0 Å². The van der Waals surface area contributed by atoms with Gasteiger partial charge in [0, 0.05) is 6.61 Å². The van der Waals surface area contributed by atoms with E-state index in [0.29, 0.717) is 6.61 Å². The van der Waals surface area contributed by atoms with Crippen molar-refractivity contribution in [2.45, 2.75) is 24.5 Å². The van der Waals surface area contributed by atoms with Gasteiger partial charge in [0.15, 0.2) is 0 Å². The van der Waals surface area contributed by atoms with E-state index < -0.39 is 15.1 Å². The topological polar surface area (TPSA) is 9.23 Å². The molecule has 1 heterocycles. The van der Waals surface area contributed by atoms with Gasteiger partial charge in [-0.3, -0.25) is 0 Å². The zero-order valence-electron chi connectivity index (χ0n) is 6.11. The molecule has 1 fully saturated rings. The number of ether oxygens (including phenoxy) is 1. The highest BCUT2D eigenvalue weighted by atomic mass is 28.3. The number of hydrogen-bond acceptors (Lipinski definition) is 1. The molecule has 1 atom stereocenters. The summed E-state index contributed by atoms with van der Waals surface area (Å²) in [4.78, 5) is 0. The Hall–Kier alpha value is -0.153. The van der Waals surface area contributed by atoms with Crippen LogP contribution in [0.2, 0.25) is 0 Å². The fourth-order valence-corrected chi connectivity index (χ4v) is 1.91. The van der Waals surface area contributed by atoms with E-state index in [1.54, 1.807) is 6.08 Å². The van der Waals surface area contributed by atoms with Crippen molar-refractivity contribution in [2.75, 3.05) is 6.61 Å². The van der Waals surface area contributed by atoms with Crippen LogP contribution in [0, 0.1) is 0 Å². The monoisotopic (exact) mass is 160 g/mol. The van der Waals surface area contributed by atoms with E-state index in [1.165, 1.54) is 0 Å². The quantitative estimate of drug-likeness (QED) is 0.334. The van der Waals surface area contributed by atoms with Crippen LogP contribution in [-0.4, -0.2) is 21.7 Å². The molecule has 0 amide bonds. The molecule has 10 heavy (non-hydrogen) atoms. The minimum Gasteiger partial charge on any atom is -0.372 e. The van der Waals surface area contributed by atoms with Gasteiger partial charge in [0.05, 0.1) is 0 Å². The zero-order valence-corrected chi connectivity index (χ0v) is 7.52. The predicted molar refractivity (Wildman–Crippen MR) is 42.4 cm³/mol. The van der Waals surface area contributed by atoms with Crippen molar-refractivity contribution in [1.29, 1.82) is 0 Å². The fourth-order valence-electron chi connectivity index (χ4n) is 1.19. The van der Waals surface area contributed by atoms with E-state index in [1.807, 2.05) is 0 Å². The van der Waals surface area contributed by atoms with Crippen LogP contribution >= 0.6 is 0 Å². The van der Waals surface area contributed by atoms with E-state index in [0.717, 1.165) is 19.3 Å². The van der Waals surface area contributed by atoms with Crippen molar-refractivity contribution in [1.82, 2.24) is 0 Å². The highest BCUT2D eigenvalue weighted by molar-refractivity contribution is 6.32. The largest absolute Gasteiger partial charge is 0.372 e. The summed E-state index contributed by atoms with van der Waals surface area (Å²) in [6.45, 7) is 4.31. The van der Waals surface area contributed by atoms with Crippen LogP contribution in [0.25, 0.3) is 0 Å². The first-order chi connectivity index (χ1) is 4.83. The third-order valence-electron chi connectivity index (χ3n) is 1.98. The molecule has 1 unspecified atom stereocenters. The van der Waals surface area contributed by atoms with Crippen molar-refractivity contribution < 1.29 is 8.84 Å². The zero-order chi connectivity index (χ0) is 7.45. The predicted octanol–water partition coefficient (Wildman–Crippen LogP) is 1.12. The molecule has 0 spiro atoms. The van der Waals surface area contributed by atoms with E-state index >= 15 is 0 Å². The van der Waals surface area contributed by atoms with Crippen LogP contribution in [0.3, 0.4) is 0 Å². The van der Waals surface area contributed by atoms with Crippen LogP contribution in [0.4, 0.5) is 4.11 Å². The van der Waals surface area contributed by atoms with Crippen LogP contribution in [-0.2, 0) is 4.74 Å². The number of rotatable bonds is 2. The molecule has 1 saturated heterocycles. The van der Waals surface area contributed by atoms with Crippen molar-refractivity contribution in [3.8, 4) is 0 Å². The van der Waals surface area contributed by atoms with Gasteiger partial charge in [-0.25, -0.2) is 0 Å². The summed E-state index contributed by atoms with van der Waals surface area (Å²) in [5.74, 6) is 0. The Morgan fingerprint density at radius 1 is 1.60 bits per heavy atom. The molecule has 0 saturated carbocycles. The second kappa shape index (κ2) is 3.30. The van der Waals surface area contributed by atoms with Gasteiger partial charge in [-0.2, -0.15) is 0 Å². The maximum atomic E-state index is 12.5. The minimum atomic E-state index is -1.58. The van der Waals surface area contributed by atoms with Gasteiger partial charge >= 0.3 is 0 Å². The Morgan fingerprint density at radius 3 is 2.70 bits per heavy atom. The van der Waals surface area contributed by atoms with Crippen LogP contribution in [0.15, 0.2) is 12.7 Å². The molecule has 0 aromatic rings. The molecule has 1 nitrogen and oxygen atoms in total. The first-order valence-corrected chi connectivity index (χ1v) is 4.91. The van der Waals surface area contributed by atoms with E-state index in [9.17, 15) is 4.11 Å². The molecular formula is C7H13FOSi. The fraction of sp³-hybridized carbons (Fsp3) is 0.714. The van der Waals surface area contributed by atoms with Crippen molar-refractivity contribution >= 4 is 9.85 Å². The summed E-state index contributed by atoms with van der Waals surface area (Å²) in [5, 5.41) is -0.502. The van der Waals surface area contributed by atoms with Gasteiger partial charge in [0.25, 0.3) is 9.85 Å². The van der Waals surface area contributed by atoms with Gasteiger partial charge in [0.1, 0.15) is 5.22 Å². The van der Waals surface area contributed by atoms with E-state index in [4.69, 9.17) is 4.74 Å². The van der Waals surface area contributed by atoms with Gasteiger partial charge in [-0.05, 0) is 19.3 Å². The third-order valence-corrected chi connectivity index (χ3v) is 3.28. The standard InChI is InChI=1S/C7H13FOSi/c1-2-7(10-8)5-3-4-6-9-7/h2H,1,3-6,10H2. The average Bonchev–Trinajstić information content (AvgIpc) is 2.06. The Balaban J connectivity index is 2.52. The average molecular weight is 160 g/mol. The maximum absolute atomic E-state index is 12.5. The summed E-state index contributed by atoms with van der Waals surface area (Å²) >= 11 is 0. The van der Waals surface area contributed by atoms with Crippen LogP contribution in [0.1, 0.15) is 19.3 Å². The molecule has 3 heteroatoms. The summed E-state index contributed by atoms with van der Waals surface area (Å²) in [6, 6.07) is 0. The van der Waals surface area contributed by atoms with Gasteiger partial charge < -0.3 is 8.84 Å². The lowest BCUT2D eigenvalue weighted by molar-refractivity contribution is 0.00932. The van der Waals surface area contributed by atoms with Crippen LogP contribution in [0.5, 0.6) is 0 Å². The van der Waals surface area contributed by atoms with Crippen molar-refractivity contribution in [2.24, 2.45) is 0 Å². The molecule has 0 N–H and O–H groups in total. The molecular weight excluding hydrogens is 147 g/mol. The Morgan fingerprint density at radius 2 is 2.40 bits per heavy atom. The first kappa shape index (κ1) is 7.95. The highest BCUT2D eigenvalue weighted by Gasteiger charge is 2.30. The maximum Gasteiger partial charge on any atom is 0.252 e. The third kappa shape index (κ3) is 1.46. The van der Waals surface area contributed by atoms with Crippen molar-refractivity contribution in [3.63, 3.8) is 0 Å². The molecule has 1 aliphatic heterocycles. The smallest absolute Gasteiger partial charge is 0.252 e. The lowest BCUT2D eigenvalue weighted by Crippen LogP contribution is -2.38. The lowest BCUT2D eigenvalue weighted by Gasteiger charge is -2.31. The molecule has 0 bridgehead atoms. The Labute approximate surface area is 63.3 Å². The molecule has 0 aromatic carbocycles.